The van der Waals surface area contributed by atoms with Gasteiger partial charge in [-0.25, -0.2) is 0 Å². The van der Waals surface area contributed by atoms with E-state index in [1.165, 1.54) is 36.8 Å². The summed E-state index contributed by atoms with van der Waals surface area (Å²) in [7, 11) is 0. The van der Waals surface area contributed by atoms with Crippen molar-refractivity contribution in [2.75, 3.05) is 0 Å². The number of halogens is 1. The van der Waals surface area contributed by atoms with Crippen LogP contribution in [0.25, 0.3) is 6.08 Å². The lowest BCUT2D eigenvalue weighted by Gasteiger charge is -2.38. The summed E-state index contributed by atoms with van der Waals surface area (Å²) in [6.45, 7) is 4.52. The van der Waals surface area contributed by atoms with Gasteiger partial charge in [0.25, 0.3) is 0 Å². The molecule has 0 radical (unpaired) electrons. The maximum absolute atomic E-state index is 6.59. The Hall–Kier alpha value is -0.750. The summed E-state index contributed by atoms with van der Waals surface area (Å²) < 4.78 is 0. The second-order valence-electron chi connectivity index (χ2n) is 6.14. The van der Waals surface area contributed by atoms with Crippen LogP contribution in [0.2, 0.25) is 5.02 Å². The van der Waals surface area contributed by atoms with Crippen LogP contribution in [0.5, 0.6) is 0 Å². The molecule has 1 fully saturated rings. The Morgan fingerprint density at radius 3 is 2.94 bits per heavy atom. The van der Waals surface area contributed by atoms with Crippen LogP contribution < -0.4 is 0 Å². The monoisotopic (exact) mass is 260 g/mol. The molecule has 1 aromatic carbocycles. The van der Waals surface area contributed by atoms with Gasteiger partial charge in [0.05, 0.1) is 5.02 Å². The van der Waals surface area contributed by atoms with Crippen LogP contribution in [-0.4, -0.2) is 0 Å². The summed E-state index contributed by atoms with van der Waals surface area (Å²) in [5, 5.41) is 1.000. The first-order valence-electron chi connectivity index (χ1n) is 7.10. The molecule has 1 saturated carbocycles. The minimum absolute atomic E-state index is 0.540. The molecule has 0 aromatic heterocycles. The van der Waals surface area contributed by atoms with Crippen LogP contribution in [0.3, 0.4) is 0 Å². The Morgan fingerprint density at radius 2 is 2.17 bits per heavy atom. The average Bonchev–Trinajstić information content (AvgIpc) is 2.75. The molecule has 3 rings (SSSR count). The highest BCUT2D eigenvalue weighted by atomic mass is 35.5. The van der Waals surface area contributed by atoms with E-state index in [1.807, 2.05) is 6.92 Å². The molecule has 0 bridgehead atoms. The SMILES string of the molecule is C/C=C\c1ccc2c(c1Cl)CC[C@@]1(C)CCC[C@@H]21. The van der Waals surface area contributed by atoms with Crippen LogP contribution in [0.4, 0.5) is 0 Å². The number of allylic oxidation sites excluding steroid dienone is 1. The van der Waals surface area contributed by atoms with E-state index in [9.17, 15) is 0 Å². The maximum atomic E-state index is 6.59. The molecule has 0 N–H and O–H groups in total. The highest BCUT2D eigenvalue weighted by Gasteiger charge is 2.43. The minimum atomic E-state index is 0.540. The Labute approximate surface area is 115 Å². The molecular weight excluding hydrogens is 240 g/mol. The second-order valence-corrected chi connectivity index (χ2v) is 6.51. The molecule has 0 heterocycles. The number of rotatable bonds is 1. The van der Waals surface area contributed by atoms with Crippen molar-refractivity contribution in [3.8, 4) is 0 Å². The smallest absolute Gasteiger partial charge is 0.0513 e. The third-order valence-electron chi connectivity index (χ3n) is 5.06. The molecule has 0 saturated heterocycles. The summed E-state index contributed by atoms with van der Waals surface area (Å²) in [6.07, 6.45) is 10.8. The summed E-state index contributed by atoms with van der Waals surface area (Å²) in [5.41, 5.74) is 4.69. The van der Waals surface area contributed by atoms with Crippen LogP contribution in [-0.2, 0) is 6.42 Å². The standard InChI is InChI=1S/C17H21Cl/c1-3-5-12-7-8-13-14(16(12)18)9-11-17(2)10-4-6-15(13)17/h3,5,7-8,15H,4,6,9-11H2,1-2H3/b5-3-/t15-,17+/m0/s1. The first-order chi connectivity index (χ1) is 8.65. The van der Waals surface area contributed by atoms with Crippen molar-refractivity contribution in [3.63, 3.8) is 0 Å². The molecule has 1 aromatic rings. The molecule has 0 nitrogen and oxygen atoms in total. The predicted molar refractivity (Wildman–Crippen MR) is 79.2 cm³/mol. The van der Waals surface area contributed by atoms with Gasteiger partial charge in [0, 0.05) is 0 Å². The summed E-state index contributed by atoms with van der Waals surface area (Å²) in [4.78, 5) is 0. The summed E-state index contributed by atoms with van der Waals surface area (Å²) >= 11 is 6.59. The van der Waals surface area contributed by atoms with Gasteiger partial charge in [0.15, 0.2) is 0 Å². The second kappa shape index (κ2) is 4.42. The van der Waals surface area contributed by atoms with Crippen molar-refractivity contribution in [1.29, 1.82) is 0 Å². The Bertz CT molecular complexity index is 501. The van der Waals surface area contributed by atoms with Gasteiger partial charge in [-0.3, -0.25) is 0 Å². The third kappa shape index (κ3) is 1.73. The van der Waals surface area contributed by atoms with E-state index >= 15 is 0 Å². The molecule has 2 atom stereocenters. The van der Waals surface area contributed by atoms with E-state index < -0.39 is 0 Å². The van der Waals surface area contributed by atoms with Gasteiger partial charge < -0.3 is 0 Å². The van der Waals surface area contributed by atoms with Crippen LogP contribution >= 0.6 is 11.6 Å². The molecule has 18 heavy (non-hydrogen) atoms. The van der Waals surface area contributed by atoms with E-state index in [0.29, 0.717) is 5.41 Å². The lowest BCUT2D eigenvalue weighted by molar-refractivity contribution is 0.252. The predicted octanol–water partition coefficient (Wildman–Crippen LogP) is 5.59. The molecular formula is C17H21Cl. The highest BCUT2D eigenvalue weighted by Crippen LogP contribution is 2.56. The summed E-state index contributed by atoms with van der Waals surface area (Å²) in [5.74, 6) is 0.749. The number of benzene rings is 1. The molecule has 0 unspecified atom stereocenters. The van der Waals surface area contributed by atoms with E-state index in [0.717, 1.165) is 17.4 Å². The van der Waals surface area contributed by atoms with Crippen LogP contribution in [0.15, 0.2) is 18.2 Å². The van der Waals surface area contributed by atoms with Crippen molar-refractivity contribution in [2.45, 2.75) is 51.9 Å². The fourth-order valence-electron chi connectivity index (χ4n) is 4.02. The molecule has 0 aliphatic heterocycles. The van der Waals surface area contributed by atoms with Gasteiger partial charge in [0.1, 0.15) is 0 Å². The fourth-order valence-corrected chi connectivity index (χ4v) is 4.35. The first kappa shape index (κ1) is 12.3. The fraction of sp³-hybridized carbons (Fsp3) is 0.529. The third-order valence-corrected chi connectivity index (χ3v) is 5.51. The minimum Gasteiger partial charge on any atom is -0.0870 e. The average molecular weight is 261 g/mol. The molecule has 0 spiro atoms. The zero-order valence-corrected chi connectivity index (χ0v) is 12.1. The highest BCUT2D eigenvalue weighted by molar-refractivity contribution is 6.33. The van der Waals surface area contributed by atoms with E-state index in [-0.39, 0.29) is 0 Å². The van der Waals surface area contributed by atoms with Crippen LogP contribution in [0.1, 0.15) is 62.1 Å². The van der Waals surface area contributed by atoms with Crippen molar-refractivity contribution in [1.82, 2.24) is 0 Å². The number of hydrogen-bond acceptors (Lipinski definition) is 0. The number of hydrogen-bond donors (Lipinski definition) is 0. The maximum Gasteiger partial charge on any atom is 0.0513 e. The normalized spacial score (nSPS) is 30.5. The zero-order chi connectivity index (χ0) is 12.8. The first-order valence-corrected chi connectivity index (χ1v) is 7.47. The molecule has 2 aliphatic carbocycles. The van der Waals surface area contributed by atoms with Gasteiger partial charge >= 0.3 is 0 Å². The van der Waals surface area contributed by atoms with Gasteiger partial charge in [-0.15, -0.1) is 0 Å². The van der Waals surface area contributed by atoms with Crippen LogP contribution in [0, 0.1) is 5.41 Å². The Kier molecular flexibility index (Phi) is 3.02. The summed E-state index contributed by atoms with van der Waals surface area (Å²) in [6, 6.07) is 4.54. The van der Waals surface area contributed by atoms with Gasteiger partial charge in [0.2, 0.25) is 0 Å². The number of fused-ring (bicyclic) bond motifs is 3. The largest absolute Gasteiger partial charge is 0.0870 e. The molecule has 2 aliphatic rings. The molecule has 1 heteroatoms. The zero-order valence-electron chi connectivity index (χ0n) is 11.3. The van der Waals surface area contributed by atoms with Gasteiger partial charge in [-0.1, -0.05) is 49.2 Å². The lowest BCUT2D eigenvalue weighted by Crippen LogP contribution is -2.26. The van der Waals surface area contributed by atoms with Crippen molar-refractivity contribution in [3.05, 3.63) is 39.9 Å². The van der Waals surface area contributed by atoms with E-state index in [4.69, 9.17) is 11.6 Å². The quantitative estimate of drug-likeness (QED) is 0.617. The van der Waals surface area contributed by atoms with Gasteiger partial charge in [-0.2, -0.15) is 0 Å². The molecule has 0 amide bonds. The van der Waals surface area contributed by atoms with Crippen molar-refractivity contribution < 1.29 is 0 Å². The lowest BCUT2D eigenvalue weighted by atomic mass is 9.67. The van der Waals surface area contributed by atoms with E-state index in [1.54, 1.807) is 5.56 Å². The van der Waals surface area contributed by atoms with E-state index in [2.05, 4.69) is 31.2 Å². The topological polar surface area (TPSA) is 0 Å². The van der Waals surface area contributed by atoms with Crippen molar-refractivity contribution in [2.24, 2.45) is 5.41 Å². The molecule has 96 valence electrons. The van der Waals surface area contributed by atoms with Crippen molar-refractivity contribution >= 4 is 17.7 Å². The Balaban J connectivity index is 2.10. The van der Waals surface area contributed by atoms with Gasteiger partial charge in [-0.05, 0) is 60.6 Å². The Morgan fingerprint density at radius 1 is 1.33 bits per heavy atom.